The summed E-state index contributed by atoms with van der Waals surface area (Å²) in [5.41, 5.74) is 14.9. The maximum atomic E-state index is 10.5. The predicted molar refractivity (Wildman–Crippen MR) is 57.5 cm³/mol. The summed E-state index contributed by atoms with van der Waals surface area (Å²) in [6.07, 6.45) is 2.92. The van der Waals surface area contributed by atoms with E-state index in [-0.39, 0.29) is 0 Å². The highest BCUT2D eigenvalue weighted by molar-refractivity contribution is 5.90. The highest BCUT2D eigenvalue weighted by atomic mass is 16.1. The zero-order valence-corrected chi connectivity index (χ0v) is 8.00. The molecule has 1 aromatic carbocycles. The Labute approximate surface area is 86.8 Å². The molecule has 5 heteroatoms. The van der Waals surface area contributed by atoms with Gasteiger partial charge >= 0.3 is 0 Å². The Morgan fingerprint density at radius 1 is 1.47 bits per heavy atom. The number of rotatable bonds is 4. The summed E-state index contributed by atoms with van der Waals surface area (Å²) in [5, 5.41) is 3.43. The summed E-state index contributed by atoms with van der Waals surface area (Å²) < 4.78 is 0. The average molecular weight is 202 g/mol. The van der Waals surface area contributed by atoms with Crippen LogP contribution in [-0.2, 0) is 11.3 Å². The van der Waals surface area contributed by atoms with Gasteiger partial charge in [0.25, 0.3) is 0 Å². The molecule has 5 nitrogen and oxygen atoms in total. The minimum absolute atomic E-state index is 0.330. The van der Waals surface area contributed by atoms with Crippen LogP contribution in [0.5, 0.6) is 0 Å². The predicted octanol–water partition coefficient (Wildman–Crippen LogP) is 2.00. The number of azide groups is 1. The van der Waals surface area contributed by atoms with Crippen LogP contribution in [-0.4, -0.2) is 5.91 Å². The van der Waals surface area contributed by atoms with E-state index >= 15 is 0 Å². The Bertz CT molecular complexity index is 416. The molecule has 1 rings (SSSR count). The molecule has 0 saturated carbocycles. The van der Waals surface area contributed by atoms with Crippen LogP contribution in [0, 0.1) is 0 Å². The average Bonchev–Trinajstić information content (AvgIpc) is 2.25. The molecule has 0 heterocycles. The molecular formula is C10H10N4O. The zero-order chi connectivity index (χ0) is 11.1. The lowest BCUT2D eigenvalue weighted by molar-refractivity contribution is -0.113. The van der Waals surface area contributed by atoms with Gasteiger partial charge in [0.2, 0.25) is 5.91 Å². The van der Waals surface area contributed by atoms with Crippen molar-refractivity contribution in [1.82, 2.24) is 0 Å². The molecule has 0 aliphatic carbocycles. The first-order valence-electron chi connectivity index (χ1n) is 4.29. The minimum Gasteiger partial charge on any atom is -0.366 e. The van der Waals surface area contributed by atoms with Crippen LogP contribution in [0.2, 0.25) is 0 Å². The summed E-state index contributed by atoms with van der Waals surface area (Å²) in [6, 6.07) is 7.30. The molecule has 0 bridgehead atoms. The Hall–Kier alpha value is -2.26. The number of nitrogens with zero attached hydrogens (tertiary/aromatic N) is 3. The largest absolute Gasteiger partial charge is 0.366 e. The third-order valence-corrected chi connectivity index (χ3v) is 1.74. The van der Waals surface area contributed by atoms with E-state index in [0.29, 0.717) is 6.54 Å². The normalized spacial score (nSPS) is 9.87. The fourth-order valence-electron chi connectivity index (χ4n) is 1.03. The maximum absolute atomic E-state index is 10.5. The second-order valence-electron chi connectivity index (χ2n) is 2.87. The highest BCUT2D eigenvalue weighted by Gasteiger charge is 1.91. The van der Waals surface area contributed by atoms with Crippen molar-refractivity contribution in [1.29, 1.82) is 0 Å². The molecule has 1 aromatic rings. The zero-order valence-electron chi connectivity index (χ0n) is 8.00. The van der Waals surface area contributed by atoms with E-state index in [9.17, 15) is 4.79 Å². The van der Waals surface area contributed by atoms with Crippen molar-refractivity contribution in [3.8, 4) is 0 Å². The van der Waals surface area contributed by atoms with Gasteiger partial charge in [0.15, 0.2) is 0 Å². The highest BCUT2D eigenvalue weighted by Crippen LogP contribution is 2.07. The minimum atomic E-state index is -0.479. The van der Waals surface area contributed by atoms with Crippen LogP contribution >= 0.6 is 0 Å². The molecule has 0 aliphatic rings. The van der Waals surface area contributed by atoms with Crippen LogP contribution < -0.4 is 5.73 Å². The third kappa shape index (κ3) is 3.97. The maximum Gasteiger partial charge on any atom is 0.241 e. The summed E-state index contributed by atoms with van der Waals surface area (Å²) in [5.74, 6) is -0.479. The van der Waals surface area contributed by atoms with Gasteiger partial charge < -0.3 is 5.73 Å². The molecule has 0 atom stereocenters. The molecule has 2 N–H and O–H groups in total. The van der Waals surface area contributed by atoms with Crippen LogP contribution in [0.3, 0.4) is 0 Å². The van der Waals surface area contributed by atoms with Crippen molar-refractivity contribution in [3.63, 3.8) is 0 Å². The van der Waals surface area contributed by atoms with Crippen LogP contribution in [0.25, 0.3) is 16.5 Å². The molecule has 0 spiro atoms. The molecule has 0 saturated heterocycles. The van der Waals surface area contributed by atoms with Gasteiger partial charge in [0, 0.05) is 11.0 Å². The van der Waals surface area contributed by atoms with E-state index in [2.05, 4.69) is 10.0 Å². The van der Waals surface area contributed by atoms with E-state index in [4.69, 9.17) is 11.3 Å². The summed E-state index contributed by atoms with van der Waals surface area (Å²) in [7, 11) is 0. The lowest BCUT2D eigenvalue weighted by Crippen LogP contribution is -2.05. The Kier molecular flexibility index (Phi) is 3.94. The van der Waals surface area contributed by atoms with Gasteiger partial charge in [0.1, 0.15) is 0 Å². The van der Waals surface area contributed by atoms with Crippen molar-refractivity contribution in [2.24, 2.45) is 10.8 Å². The van der Waals surface area contributed by atoms with Crippen molar-refractivity contribution in [2.45, 2.75) is 6.54 Å². The molecule has 0 radical (unpaired) electrons. The molecule has 1 amide bonds. The van der Waals surface area contributed by atoms with Gasteiger partial charge in [-0.3, -0.25) is 4.79 Å². The number of carbonyl (C=O) groups is 1. The number of carbonyl (C=O) groups excluding carboxylic acids is 1. The van der Waals surface area contributed by atoms with E-state index < -0.39 is 5.91 Å². The molecule has 15 heavy (non-hydrogen) atoms. The van der Waals surface area contributed by atoms with Crippen molar-refractivity contribution < 1.29 is 4.79 Å². The summed E-state index contributed by atoms with van der Waals surface area (Å²) in [4.78, 5) is 13.1. The lowest BCUT2D eigenvalue weighted by Gasteiger charge is -1.96. The standard InChI is InChI=1S/C10H10N4O/c11-10(15)6-5-8-1-3-9(4-2-8)7-13-14-12/h1-6H,7H2,(H2,11,15). The number of benzene rings is 1. The first-order valence-corrected chi connectivity index (χ1v) is 4.29. The van der Waals surface area contributed by atoms with Crippen LogP contribution in [0.15, 0.2) is 35.5 Å². The van der Waals surface area contributed by atoms with E-state index in [1.165, 1.54) is 6.08 Å². The number of nitrogens with two attached hydrogens (primary N) is 1. The van der Waals surface area contributed by atoms with Gasteiger partial charge in [0.05, 0.1) is 6.54 Å². The molecule has 0 aliphatic heterocycles. The fraction of sp³-hybridized carbons (Fsp3) is 0.100. The van der Waals surface area contributed by atoms with E-state index in [1.54, 1.807) is 6.08 Å². The third-order valence-electron chi connectivity index (χ3n) is 1.74. The van der Waals surface area contributed by atoms with E-state index in [0.717, 1.165) is 11.1 Å². The molecule has 76 valence electrons. The van der Waals surface area contributed by atoms with Gasteiger partial charge in [-0.25, -0.2) is 0 Å². The summed E-state index contributed by atoms with van der Waals surface area (Å²) >= 11 is 0. The fourth-order valence-corrected chi connectivity index (χ4v) is 1.03. The summed E-state index contributed by atoms with van der Waals surface area (Å²) in [6.45, 7) is 0.330. The lowest BCUT2D eigenvalue weighted by atomic mass is 10.1. The monoisotopic (exact) mass is 202 g/mol. The first kappa shape index (κ1) is 10.8. The van der Waals surface area contributed by atoms with Crippen LogP contribution in [0.4, 0.5) is 0 Å². The quantitative estimate of drug-likeness (QED) is 0.344. The number of hydrogen-bond acceptors (Lipinski definition) is 2. The Morgan fingerprint density at radius 2 is 2.13 bits per heavy atom. The molecule has 0 unspecified atom stereocenters. The van der Waals surface area contributed by atoms with Crippen molar-refractivity contribution >= 4 is 12.0 Å². The smallest absolute Gasteiger partial charge is 0.241 e. The second-order valence-corrected chi connectivity index (χ2v) is 2.87. The molecular weight excluding hydrogens is 192 g/mol. The van der Waals surface area contributed by atoms with Gasteiger partial charge in [-0.1, -0.05) is 29.4 Å². The van der Waals surface area contributed by atoms with Crippen molar-refractivity contribution in [3.05, 3.63) is 51.9 Å². The number of hydrogen-bond donors (Lipinski definition) is 1. The number of primary amides is 1. The van der Waals surface area contributed by atoms with E-state index in [1.807, 2.05) is 24.3 Å². The molecule has 0 fully saturated rings. The van der Waals surface area contributed by atoms with Gasteiger partial charge in [-0.15, -0.1) is 0 Å². The van der Waals surface area contributed by atoms with Gasteiger partial charge in [-0.05, 0) is 22.7 Å². The topological polar surface area (TPSA) is 91.8 Å². The first-order chi connectivity index (χ1) is 7.22. The SMILES string of the molecule is [N-]=[N+]=NCc1ccc(C=CC(N)=O)cc1. The Balaban J connectivity index is 2.71. The number of amides is 1. The van der Waals surface area contributed by atoms with Crippen molar-refractivity contribution in [2.75, 3.05) is 0 Å². The molecule has 0 aromatic heterocycles. The Morgan fingerprint density at radius 3 is 2.67 bits per heavy atom. The van der Waals surface area contributed by atoms with Crippen LogP contribution in [0.1, 0.15) is 11.1 Å². The second kappa shape index (κ2) is 5.47. The van der Waals surface area contributed by atoms with Gasteiger partial charge in [-0.2, -0.15) is 0 Å².